The number of carbonyl (C=O) groups is 1. The SMILES string of the molecule is NC(=O)c1cc(OC2CCOC2)c(Br)cc1N. The lowest BCUT2D eigenvalue weighted by Gasteiger charge is -2.15. The lowest BCUT2D eigenvalue weighted by molar-refractivity contribution is 0.1000. The van der Waals surface area contributed by atoms with Crippen LogP contribution in [0.2, 0.25) is 0 Å². The summed E-state index contributed by atoms with van der Waals surface area (Å²) < 4.78 is 11.6. The highest BCUT2D eigenvalue weighted by atomic mass is 79.9. The van der Waals surface area contributed by atoms with Crippen molar-refractivity contribution in [3.63, 3.8) is 0 Å². The average molecular weight is 301 g/mol. The lowest BCUT2D eigenvalue weighted by Crippen LogP contribution is -2.18. The van der Waals surface area contributed by atoms with E-state index >= 15 is 0 Å². The Bertz CT molecular complexity index is 445. The first kappa shape index (κ1) is 12.2. The molecule has 2 rings (SSSR count). The Morgan fingerprint density at radius 2 is 2.29 bits per heavy atom. The Hall–Kier alpha value is -1.27. The molecule has 1 unspecified atom stereocenters. The van der Waals surface area contributed by atoms with Crippen LogP contribution >= 0.6 is 15.9 Å². The van der Waals surface area contributed by atoms with Crippen molar-refractivity contribution in [1.29, 1.82) is 0 Å². The first-order valence-electron chi connectivity index (χ1n) is 5.21. The maximum atomic E-state index is 11.2. The number of anilines is 1. The molecule has 0 bridgehead atoms. The first-order chi connectivity index (χ1) is 8.08. The van der Waals surface area contributed by atoms with E-state index in [2.05, 4.69) is 15.9 Å². The third-order valence-electron chi connectivity index (χ3n) is 2.55. The molecule has 1 amide bonds. The summed E-state index contributed by atoms with van der Waals surface area (Å²) in [5, 5.41) is 0. The zero-order chi connectivity index (χ0) is 12.4. The van der Waals surface area contributed by atoms with Crippen molar-refractivity contribution in [2.24, 2.45) is 5.73 Å². The lowest BCUT2D eigenvalue weighted by atomic mass is 10.1. The van der Waals surface area contributed by atoms with Gasteiger partial charge in [-0.2, -0.15) is 0 Å². The van der Waals surface area contributed by atoms with Gasteiger partial charge < -0.3 is 20.9 Å². The highest BCUT2D eigenvalue weighted by Crippen LogP contribution is 2.31. The van der Waals surface area contributed by atoms with Crippen LogP contribution in [0.5, 0.6) is 5.75 Å². The number of benzene rings is 1. The Morgan fingerprint density at radius 1 is 1.53 bits per heavy atom. The standard InChI is InChI=1S/C11H13BrN2O3/c12-8-4-9(13)7(11(14)15)3-10(8)17-6-1-2-16-5-6/h3-4,6H,1-2,5,13H2,(H2,14,15). The third kappa shape index (κ3) is 2.70. The molecule has 1 aliphatic heterocycles. The second-order valence-electron chi connectivity index (χ2n) is 3.84. The fraction of sp³-hybridized carbons (Fsp3) is 0.364. The summed E-state index contributed by atoms with van der Waals surface area (Å²) in [6, 6.07) is 3.17. The van der Waals surface area contributed by atoms with Crippen LogP contribution < -0.4 is 16.2 Å². The van der Waals surface area contributed by atoms with E-state index in [1.807, 2.05) is 0 Å². The van der Waals surface area contributed by atoms with Gasteiger partial charge in [-0.05, 0) is 28.1 Å². The zero-order valence-electron chi connectivity index (χ0n) is 9.11. The largest absolute Gasteiger partial charge is 0.487 e. The minimum Gasteiger partial charge on any atom is -0.487 e. The van der Waals surface area contributed by atoms with E-state index in [0.717, 1.165) is 6.42 Å². The molecule has 0 aromatic heterocycles. The van der Waals surface area contributed by atoms with Crippen LogP contribution in [0.1, 0.15) is 16.8 Å². The quantitative estimate of drug-likeness (QED) is 0.824. The fourth-order valence-electron chi connectivity index (χ4n) is 1.66. The Labute approximate surface area is 107 Å². The van der Waals surface area contributed by atoms with Crippen molar-refractivity contribution in [3.8, 4) is 5.75 Å². The summed E-state index contributed by atoms with van der Waals surface area (Å²) in [5.41, 5.74) is 11.5. The molecule has 1 atom stereocenters. The second kappa shape index (κ2) is 4.93. The van der Waals surface area contributed by atoms with Crippen LogP contribution in [0.25, 0.3) is 0 Å². The van der Waals surface area contributed by atoms with Gasteiger partial charge in [0.25, 0.3) is 5.91 Å². The summed E-state index contributed by atoms with van der Waals surface area (Å²) in [5.74, 6) is -0.00831. The molecule has 92 valence electrons. The van der Waals surface area contributed by atoms with Crippen molar-refractivity contribution in [2.75, 3.05) is 18.9 Å². The van der Waals surface area contributed by atoms with Crippen molar-refractivity contribution >= 4 is 27.5 Å². The molecule has 1 heterocycles. The number of ether oxygens (including phenoxy) is 2. The number of primary amides is 1. The maximum absolute atomic E-state index is 11.2. The van der Waals surface area contributed by atoms with Crippen molar-refractivity contribution in [1.82, 2.24) is 0 Å². The average Bonchev–Trinajstić information content (AvgIpc) is 2.74. The highest BCUT2D eigenvalue weighted by Gasteiger charge is 2.19. The molecule has 0 spiro atoms. The van der Waals surface area contributed by atoms with Crippen LogP contribution in [0.4, 0.5) is 5.69 Å². The molecule has 1 saturated heterocycles. The minimum absolute atomic E-state index is 0.00986. The molecule has 4 N–H and O–H groups in total. The van der Waals surface area contributed by atoms with Crippen molar-refractivity contribution in [3.05, 3.63) is 22.2 Å². The van der Waals surface area contributed by atoms with E-state index in [9.17, 15) is 4.79 Å². The molecule has 1 aromatic carbocycles. The third-order valence-corrected chi connectivity index (χ3v) is 3.17. The van der Waals surface area contributed by atoms with Crippen LogP contribution in [0.3, 0.4) is 0 Å². The summed E-state index contributed by atoms with van der Waals surface area (Å²) >= 11 is 3.34. The van der Waals surface area contributed by atoms with E-state index in [-0.39, 0.29) is 11.7 Å². The van der Waals surface area contributed by atoms with Gasteiger partial charge in [-0.1, -0.05) is 0 Å². The van der Waals surface area contributed by atoms with Crippen LogP contribution in [-0.2, 0) is 4.74 Å². The van der Waals surface area contributed by atoms with Crippen LogP contribution in [0.15, 0.2) is 16.6 Å². The van der Waals surface area contributed by atoms with Crippen LogP contribution in [0, 0.1) is 0 Å². The van der Waals surface area contributed by atoms with Crippen molar-refractivity contribution < 1.29 is 14.3 Å². The predicted octanol–water partition coefficient (Wildman–Crippen LogP) is 1.30. The molecule has 1 aliphatic rings. The summed E-state index contributed by atoms with van der Waals surface area (Å²) in [6.07, 6.45) is 0.846. The molecular weight excluding hydrogens is 288 g/mol. The van der Waals surface area contributed by atoms with Gasteiger partial charge in [-0.15, -0.1) is 0 Å². The predicted molar refractivity (Wildman–Crippen MR) is 66.9 cm³/mol. The topological polar surface area (TPSA) is 87.6 Å². The van der Waals surface area contributed by atoms with E-state index in [1.54, 1.807) is 12.1 Å². The van der Waals surface area contributed by atoms with Gasteiger partial charge in [0.1, 0.15) is 11.9 Å². The van der Waals surface area contributed by atoms with Gasteiger partial charge >= 0.3 is 0 Å². The van der Waals surface area contributed by atoms with Gasteiger partial charge in [-0.25, -0.2) is 0 Å². The number of rotatable bonds is 3. The molecule has 1 fully saturated rings. The molecular formula is C11H13BrN2O3. The molecule has 1 aromatic rings. The Kier molecular flexibility index (Phi) is 3.54. The number of hydrogen-bond acceptors (Lipinski definition) is 4. The van der Waals surface area contributed by atoms with E-state index in [4.69, 9.17) is 20.9 Å². The second-order valence-corrected chi connectivity index (χ2v) is 4.69. The van der Waals surface area contributed by atoms with Crippen LogP contribution in [-0.4, -0.2) is 25.2 Å². The minimum atomic E-state index is -0.567. The number of halogens is 1. The first-order valence-corrected chi connectivity index (χ1v) is 6.00. The van der Waals surface area contributed by atoms with E-state index in [0.29, 0.717) is 29.1 Å². The number of hydrogen-bond donors (Lipinski definition) is 2. The van der Waals surface area contributed by atoms with Gasteiger partial charge in [0.05, 0.1) is 23.2 Å². The Balaban J connectivity index is 2.26. The maximum Gasteiger partial charge on any atom is 0.250 e. The van der Waals surface area contributed by atoms with Gasteiger partial charge in [-0.3, -0.25) is 4.79 Å². The highest BCUT2D eigenvalue weighted by molar-refractivity contribution is 9.10. The smallest absolute Gasteiger partial charge is 0.250 e. The molecule has 0 aliphatic carbocycles. The molecule has 5 nitrogen and oxygen atoms in total. The van der Waals surface area contributed by atoms with E-state index < -0.39 is 5.91 Å². The summed E-state index contributed by atoms with van der Waals surface area (Å²) in [7, 11) is 0. The zero-order valence-corrected chi connectivity index (χ0v) is 10.7. The summed E-state index contributed by atoms with van der Waals surface area (Å²) in [4.78, 5) is 11.2. The molecule has 0 radical (unpaired) electrons. The molecule has 0 saturated carbocycles. The van der Waals surface area contributed by atoms with E-state index in [1.165, 1.54) is 0 Å². The monoisotopic (exact) mass is 300 g/mol. The number of carbonyl (C=O) groups excluding carboxylic acids is 1. The van der Waals surface area contributed by atoms with Gasteiger partial charge in [0, 0.05) is 12.1 Å². The number of nitrogen functional groups attached to an aromatic ring is 1. The Morgan fingerprint density at radius 3 is 2.88 bits per heavy atom. The van der Waals surface area contributed by atoms with Gasteiger partial charge in [0.15, 0.2) is 0 Å². The molecule has 6 heteroatoms. The summed E-state index contributed by atoms with van der Waals surface area (Å²) in [6.45, 7) is 1.25. The normalized spacial score (nSPS) is 19.2. The number of amides is 1. The number of nitrogens with two attached hydrogens (primary N) is 2. The van der Waals surface area contributed by atoms with Gasteiger partial charge in [0.2, 0.25) is 0 Å². The molecule has 17 heavy (non-hydrogen) atoms. The fourth-order valence-corrected chi connectivity index (χ4v) is 2.11. The van der Waals surface area contributed by atoms with Crippen molar-refractivity contribution in [2.45, 2.75) is 12.5 Å².